The van der Waals surface area contributed by atoms with Gasteiger partial charge in [-0.15, -0.1) is 0 Å². The highest BCUT2D eigenvalue weighted by Crippen LogP contribution is 2.30. The van der Waals surface area contributed by atoms with Crippen molar-refractivity contribution >= 4 is 17.6 Å². The van der Waals surface area contributed by atoms with Crippen molar-refractivity contribution in [3.63, 3.8) is 0 Å². The summed E-state index contributed by atoms with van der Waals surface area (Å²) in [5, 5.41) is 4.31. The topological polar surface area (TPSA) is 37.8 Å². The summed E-state index contributed by atoms with van der Waals surface area (Å²) in [5.74, 6) is 1.71. The molecule has 0 atom stereocenters. The Morgan fingerprint density at radius 1 is 1.10 bits per heavy atom. The van der Waals surface area contributed by atoms with Gasteiger partial charge in [0, 0.05) is 17.5 Å². The third-order valence-electron chi connectivity index (χ3n) is 2.92. The first-order chi connectivity index (χ1) is 9.58. The molecule has 0 aliphatic carbocycles. The standard InChI is InChI=1S/C16H21N3S/c1-5-8-17-15-10-16(19-13(4)18-15)20-14-7-6-11(2)9-12(14)3/h6-7,9-10H,5,8H2,1-4H3,(H,17,18,19). The fourth-order valence-corrected chi connectivity index (χ4v) is 2.89. The van der Waals surface area contributed by atoms with Crippen LogP contribution >= 0.6 is 11.8 Å². The predicted molar refractivity (Wildman–Crippen MR) is 85.6 cm³/mol. The third-order valence-corrected chi connectivity index (χ3v) is 4.01. The van der Waals surface area contributed by atoms with Crippen molar-refractivity contribution in [2.24, 2.45) is 0 Å². The molecule has 0 aliphatic rings. The molecule has 1 N–H and O–H groups in total. The van der Waals surface area contributed by atoms with Gasteiger partial charge in [-0.3, -0.25) is 0 Å². The van der Waals surface area contributed by atoms with Crippen LogP contribution in [0.15, 0.2) is 34.2 Å². The van der Waals surface area contributed by atoms with Crippen LogP contribution in [-0.4, -0.2) is 16.5 Å². The Balaban J connectivity index is 2.21. The quantitative estimate of drug-likeness (QED) is 0.828. The van der Waals surface area contributed by atoms with Gasteiger partial charge in [-0.2, -0.15) is 0 Å². The Bertz CT molecular complexity index is 596. The Kier molecular flexibility index (Phi) is 5.01. The lowest BCUT2D eigenvalue weighted by Crippen LogP contribution is -2.04. The highest BCUT2D eigenvalue weighted by molar-refractivity contribution is 7.99. The van der Waals surface area contributed by atoms with Crippen LogP contribution in [0.1, 0.15) is 30.3 Å². The normalized spacial score (nSPS) is 10.6. The van der Waals surface area contributed by atoms with Gasteiger partial charge >= 0.3 is 0 Å². The number of nitrogens with one attached hydrogen (secondary N) is 1. The number of aryl methyl sites for hydroxylation is 3. The summed E-state index contributed by atoms with van der Waals surface area (Å²) >= 11 is 1.69. The molecule has 3 nitrogen and oxygen atoms in total. The Labute approximate surface area is 125 Å². The first-order valence-electron chi connectivity index (χ1n) is 6.93. The minimum absolute atomic E-state index is 0.804. The number of aromatic nitrogens is 2. The summed E-state index contributed by atoms with van der Waals surface area (Å²) in [7, 11) is 0. The van der Waals surface area contributed by atoms with E-state index in [2.05, 4.69) is 54.3 Å². The lowest BCUT2D eigenvalue weighted by Gasteiger charge is -2.09. The maximum Gasteiger partial charge on any atom is 0.130 e. The van der Waals surface area contributed by atoms with Crippen molar-refractivity contribution in [1.82, 2.24) is 9.97 Å². The first kappa shape index (κ1) is 14.9. The fraction of sp³-hybridized carbons (Fsp3) is 0.375. The lowest BCUT2D eigenvalue weighted by atomic mass is 10.2. The fourth-order valence-electron chi connectivity index (χ4n) is 1.96. The van der Waals surface area contributed by atoms with Gasteiger partial charge in [0.1, 0.15) is 16.7 Å². The molecule has 0 amide bonds. The largest absolute Gasteiger partial charge is 0.370 e. The van der Waals surface area contributed by atoms with Gasteiger partial charge in [-0.25, -0.2) is 9.97 Å². The van der Waals surface area contributed by atoms with Crippen LogP contribution in [-0.2, 0) is 0 Å². The molecule has 0 fully saturated rings. The molecule has 0 spiro atoms. The maximum absolute atomic E-state index is 4.51. The average molecular weight is 287 g/mol. The molecule has 0 radical (unpaired) electrons. The molecular weight excluding hydrogens is 266 g/mol. The van der Waals surface area contributed by atoms with Crippen molar-refractivity contribution in [2.75, 3.05) is 11.9 Å². The van der Waals surface area contributed by atoms with Gasteiger partial charge < -0.3 is 5.32 Å². The second kappa shape index (κ2) is 6.75. The molecule has 4 heteroatoms. The highest BCUT2D eigenvalue weighted by atomic mass is 32.2. The SMILES string of the molecule is CCCNc1cc(Sc2ccc(C)cc2C)nc(C)n1. The number of nitrogens with zero attached hydrogens (tertiary/aromatic N) is 2. The summed E-state index contributed by atoms with van der Waals surface area (Å²) in [6.45, 7) is 9.27. The summed E-state index contributed by atoms with van der Waals surface area (Å²) in [4.78, 5) is 10.2. The van der Waals surface area contributed by atoms with Gasteiger partial charge in [0.15, 0.2) is 0 Å². The van der Waals surface area contributed by atoms with Crippen LogP contribution in [0, 0.1) is 20.8 Å². The molecule has 0 saturated heterocycles. The van der Waals surface area contributed by atoms with Crippen molar-refractivity contribution in [3.8, 4) is 0 Å². The van der Waals surface area contributed by atoms with E-state index in [0.29, 0.717) is 0 Å². The van der Waals surface area contributed by atoms with E-state index in [-0.39, 0.29) is 0 Å². The molecule has 1 aromatic heterocycles. The molecule has 1 aromatic carbocycles. The van der Waals surface area contributed by atoms with Gasteiger partial charge in [0.2, 0.25) is 0 Å². The van der Waals surface area contributed by atoms with Crippen LogP contribution < -0.4 is 5.32 Å². The number of hydrogen-bond acceptors (Lipinski definition) is 4. The highest BCUT2D eigenvalue weighted by Gasteiger charge is 2.06. The van der Waals surface area contributed by atoms with Gasteiger partial charge in [-0.05, 0) is 38.8 Å². The number of hydrogen-bond donors (Lipinski definition) is 1. The summed E-state index contributed by atoms with van der Waals surface area (Å²) in [5.41, 5.74) is 2.57. The van der Waals surface area contributed by atoms with Crippen molar-refractivity contribution in [3.05, 3.63) is 41.2 Å². The lowest BCUT2D eigenvalue weighted by molar-refractivity contribution is 0.927. The van der Waals surface area contributed by atoms with Gasteiger partial charge in [-0.1, -0.05) is 36.4 Å². The Morgan fingerprint density at radius 3 is 2.60 bits per heavy atom. The van der Waals surface area contributed by atoms with E-state index in [1.54, 1.807) is 11.8 Å². The molecule has 0 bridgehead atoms. The molecule has 1 heterocycles. The Morgan fingerprint density at radius 2 is 1.90 bits per heavy atom. The number of anilines is 1. The van der Waals surface area contributed by atoms with Crippen molar-refractivity contribution < 1.29 is 0 Å². The molecule has 106 valence electrons. The molecule has 20 heavy (non-hydrogen) atoms. The molecule has 2 aromatic rings. The summed E-state index contributed by atoms with van der Waals surface area (Å²) < 4.78 is 0. The maximum atomic E-state index is 4.51. The van der Waals surface area contributed by atoms with Crippen molar-refractivity contribution in [1.29, 1.82) is 0 Å². The zero-order valence-electron chi connectivity index (χ0n) is 12.5. The predicted octanol–water partition coefficient (Wildman–Crippen LogP) is 4.37. The van der Waals surface area contributed by atoms with Gasteiger partial charge in [0.25, 0.3) is 0 Å². The van der Waals surface area contributed by atoms with E-state index in [1.165, 1.54) is 16.0 Å². The first-order valence-corrected chi connectivity index (χ1v) is 7.75. The zero-order valence-corrected chi connectivity index (χ0v) is 13.3. The molecule has 0 unspecified atom stereocenters. The van der Waals surface area contributed by atoms with E-state index in [4.69, 9.17) is 0 Å². The second-order valence-electron chi connectivity index (χ2n) is 4.94. The second-order valence-corrected chi connectivity index (χ2v) is 6.00. The van der Waals surface area contributed by atoms with E-state index in [9.17, 15) is 0 Å². The van der Waals surface area contributed by atoms with Crippen LogP contribution in [0.2, 0.25) is 0 Å². The molecule has 0 saturated carbocycles. The molecule has 2 rings (SSSR count). The van der Waals surface area contributed by atoms with E-state index in [0.717, 1.165) is 29.6 Å². The van der Waals surface area contributed by atoms with E-state index < -0.39 is 0 Å². The molecule has 0 aliphatic heterocycles. The molecular formula is C16H21N3S. The third kappa shape index (κ3) is 3.97. The minimum Gasteiger partial charge on any atom is -0.370 e. The van der Waals surface area contributed by atoms with Crippen LogP contribution in [0.25, 0.3) is 0 Å². The van der Waals surface area contributed by atoms with Crippen LogP contribution in [0.3, 0.4) is 0 Å². The zero-order chi connectivity index (χ0) is 14.5. The number of benzene rings is 1. The van der Waals surface area contributed by atoms with Gasteiger partial charge in [0.05, 0.1) is 0 Å². The summed E-state index contributed by atoms with van der Waals surface area (Å²) in [6, 6.07) is 8.52. The monoisotopic (exact) mass is 287 g/mol. The Hall–Kier alpha value is -1.55. The van der Waals surface area contributed by atoms with Crippen LogP contribution in [0.4, 0.5) is 5.82 Å². The van der Waals surface area contributed by atoms with Crippen molar-refractivity contribution in [2.45, 2.75) is 44.0 Å². The summed E-state index contributed by atoms with van der Waals surface area (Å²) in [6.07, 6.45) is 1.09. The smallest absolute Gasteiger partial charge is 0.130 e. The van der Waals surface area contributed by atoms with Crippen LogP contribution in [0.5, 0.6) is 0 Å². The minimum atomic E-state index is 0.804. The average Bonchev–Trinajstić information content (AvgIpc) is 2.39. The van der Waals surface area contributed by atoms with E-state index >= 15 is 0 Å². The number of rotatable bonds is 5. The van der Waals surface area contributed by atoms with E-state index in [1.807, 2.05) is 13.0 Å².